The summed E-state index contributed by atoms with van der Waals surface area (Å²) in [6, 6.07) is 5.54. The predicted octanol–water partition coefficient (Wildman–Crippen LogP) is 1.33. The first-order valence-corrected chi connectivity index (χ1v) is 9.21. The van der Waals surface area contributed by atoms with E-state index in [1.165, 1.54) is 0 Å². The van der Waals surface area contributed by atoms with Gasteiger partial charge in [-0.2, -0.15) is 0 Å². The van der Waals surface area contributed by atoms with Gasteiger partial charge >= 0.3 is 6.03 Å². The molecule has 3 unspecified atom stereocenters. The maximum absolute atomic E-state index is 12.6. The molecule has 8 nitrogen and oxygen atoms in total. The van der Waals surface area contributed by atoms with Gasteiger partial charge in [-0.3, -0.25) is 9.59 Å². The number of hydrogen-bond acceptors (Lipinski definition) is 4. The number of rotatable bonds is 4. The van der Waals surface area contributed by atoms with Crippen LogP contribution in [0.15, 0.2) is 24.3 Å². The molecule has 0 aromatic heterocycles. The van der Waals surface area contributed by atoms with Crippen LogP contribution in [-0.4, -0.2) is 54.5 Å². The van der Waals surface area contributed by atoms with Gasteiger partial charge < -0.3 is 25.6 Å². The van der Waals surface area contributed by atoms with Crippen LogP contribution in [0.3, 0.4) is 0 Å². The second-order valence-corrected chi connectivity index (χ2v) is 7.33. The number of methoxy groups -OCH3 is 1. The van der Waals surface area contributed by atoms with Gasteiger partial charge in [0.2, 0.25) is 11.8 Å². The van der Waals surface area contributed by atoms with Gasteiger partial charge in [0.15, 0.2) is 0 Å². The van der Waals surface area contributed by atoms with Gasteiger partial charge in [0.05, 0.1) is 7.11 Å². The zero-order chi connectivity index (χ0) is 19.6. The number of hydrogen-bond donors (Lipinski definition) is 3. The van der Waals surface area contributed by atoms with E-state index in [1.807, 2.05) is 13.8 Å². The molecule has 2 fully saturated rings. The molecule has 4 amide bonds. The average Bonchev–Trinajstić information content (AvgIpc) is 2.65. The highest BCUT2D eigenvalue weighted by Gasteiger charge is 2.44. The van der Waals surface area contributed by atoms with E-state index in [0.29, 0.717) is 30.8 Å². The highest BCUT2D eigenvalue weighted by Crippen LogP contribution is 2.24. The molecular formula is C19H26N4O4. The van der Waals surface area contributed by atoms with Crippen molar-refractivity contribution in [2.75, 3.05) is 19.0 Å². The Morgan fingerprint density at radius 3 is 2.59 bits per heavy atom. The van der Waals surface area contributed by atoms with E-state index in [-0.39, 0.29) is 29.8 Å². The molecule has 2 aliphatic rings. The molecule has 8 heteroatoms. The lowest BCUT2D eigenvalue weighted by atomic mass is 9.90. The first-order valence-electron chi connectivity index (χ1n) is 9.21. The molecule has 27 heavy (non-hydrogen) atoms. The summed E-state index contributed by atoms with van der Waals surface area (Å²) in [6.45, 7) is 4.30. The second kappa shape index (κ2) is 7.85. The van der Waals surface area contributed by atoms with Crippen molar-refractivity contribution in [3.05, 3.63) is 24.3 Å². The minimum Gasteiger partial charge on any atom is -0.497 e. The van der Waals surface area contributed by atoms with E-state index in [0.717, 1.165) is 0 Å². The molecule has 3 atom stereocenters. The Morgan fingerprint density at radius 1 is 1.26 bits per heavy atom. The van der Waals surface area contributed by atoms with Crippen LogP contribution in [0.1, 0.15) is 26.7 Å². The minimum absolute atomic E-state index is 0.0317. The van der Waals surface area contributed by atoms with Crippen LogP contribution in [-0.2, 0) is 9.59 Å². The Hall–Kier alpha value is -2.77. The van der Waals surface area contributed by atoms with Crippen molar-refractivity contribution in [3.63, 3.8) is 0 Å². The number of piperazine rings is 1. The summed E-state index contributed by atoms with van der Waals surface area (Å²) in [6.07, 6.45) is 1.04. The molecule has 3 N–H and O–H groups in total. The summed E-state index contributed by atoms with van der Waals surface area (Å²) in [5.74, 6) is 0.584. The molecule has 0 spiro atoms. The molecule has 0 bridgehead atoms. The molecule has 0 radical (unpaired) electrons. The van der Waals surface area contributed by atoms with Crippen LogP contribution in [0, 0.1) is 5.92 Å². The van der Waals surface area contributed by atoms with Crippen molar-refractivity contribution in [1.29, 1.82) is 0 Å². The summed E-state index contributed by atoms with van der Waals surface area (Å²) >= 11 is 0. The maximum atomic E-state index is 12.6. The van der Waals surface area contributed by atoms with Crippen LogP contribution < -0.4 is 20.7 Å². The fourth-order valence-electron chi connectivity index (χ4n) is 3.58. The van der Waals surface area contributed by atoms with E-state index in [2.05, 4.69) is 16.0 Å². The van der Waals surface area contributed by atoms with Crippen LogP contribution in [0.25, 0.3) is 0 Å². The van der Waals surface area contributed by atoms with Crippen molar-refractivity contribution in [3.8, 4) is 5.75 Å². The molecule has 0 saturated carbocycles. The quantitative estimate of drug-likeness (QED) is 0.740. The summed E-state index contributed by atoms with van der Waals surface area (Å²) in [4.78, 5) is 38.9. The van der Waals surface area contributed by atoms with Crippen molar-refractivity contribution in [2.24, 2.45) is 5.92 Å². The Labute approximate surface area is 158 Å². The fourth-order valence-corrected chi connectivity index (χ4v) is 3.58. The number of nitrogens with zero attached hydrogens (tertiary/aromatic N) is 1. The number of urea groups is 1. The predicted molar refractivity (Wildman–Crippen MR) is 100 cm³/mol. The topological polar surface area (TPSA) is 99.8 Å². The van der Waals surface area contributed by atoms with Crippen LogP contribution in [0.4, 0.5) is 10.5 Å². The maximum Gasteiger partial charge on any atom is 0.319 e. The van der Waals surface area contributed by atoms with Crippen LogP contribution in [0.5, 0.6) is 5.75 Å². The standard InChI is InChI=1S/C19H26N4O4/c1-11(2)16-18(25)23-9-8-13(10-15(23)17(24)22-16)21-19(26)20-12-4-6-14(27-3)7-5-12/h4-7,11,13,15-16H,8-10H2,1-3H3,(H,22,24)(H2,20,21,26). The van der Waals surface area contributed by atoms with E-state index in [9.17, 15) is 14.4 Å². The number of benzene rings is 1. The third kappa shape index (κ3) is 4.15. The number of amides is 4. The Kier molecular flexibility index (Phi) is 5.53. The van der Waals surface area contributed by atoms with Gasteiger partial charge in [-0.25, -0.2) is 4.79 Å². The average molecular weight is 374 g/mol. The highest BCUT2D eigenvalue weighted by molar-refractivity contribution is 5.97. The van der Waals surface area contributed by atoms with E-state index in [4.69, 9.17) is 4.74 Å². The summed E-state index contributed by atoms with van der Waals surface area (Å²) < 4.78 is 5.09. The number of piperidine rings is 1. The van der Waals surface area contributed by atoms with Crippen molar-refractivity contribution >= 4 is 23.5 Å². The third-order valence-corrected chi connectivity index (χ3v) is 5.10. The normalized spacial score (nSPS) is 24.9. The lowest BCUT2D eigenvalue weighted by molar-refractivity contribution is -0.152. The number of nitrogens with one attached hydrogen (secondary N) is 3. The van der Waals surface area contributed by atoms with Crippen LogP contribution >= 0.6 is 0 Å². The molecule has 2 saturated heterocycles. The van der Waals surface area contributed by atoms with Gasteiger partial charge in [0.25, 0.3) is 0 Å². The fraction of sp³-hybridized carbons (Fsp3) is 0.526. The van der Waals surface area contributed by atoms with E-state index in [1.54, 1.807) is 36.3 Å². The van der Waals surface area contributed by atoms with Crippen molar-refractivity contribution in [1.82, 2.24) is 15.5 Å². The van der Waals surface area contributed by atoms with Crippen molar-refractivity contribution < 1.29 is 19.1 Å². The zero-order valence-corrected chi connectivity index (χ0v) is 15.8. The number of fused-ring (bicyclic) bond motifs is 1. The zero-order valence-electron chi connectivity index (χ0n) is 15.8. The lowest BCUT2D eigenvalue weighted by Crippen LogP contribution is -2.67. The molecule has 3 rings (SSSR count). The molecule has 146 valence electrons. The number of carbonyl (C=O) groups is 3. The summed E-state index contributed by atoms with van der Waals surface area (Å²) in [5, 5.41) is 8.49. The second-order valence-electron chi connectivity index (χ2n) is 7.33. The summed E-state index contributed by atoms with van der Waals surface area (Å²) in [5.41, 5.74) is 0.649. The van der Waals surface area contributed by atoms with Crippen molar-refractivity contribution in [2.45, 2.75) is 44.8 Å². The van der Waals surface area contributed by atoms with Gasteiger partial charge in [-0.05, 0) is 43.0 Å². The van der Waals surface area contributed by atoms with E-state index < -0.39 is 12.1 Å². The molecule has 2 heterocycles. The van der Waals surface area contributed by atoms with E-state index >= 15 is 0 Å². The molecule has 2 aliphatic heterocycles. The first-order chi connectivity index (χ1) is 12.9. The molecule has 1 aromatic carbocycles. The number of carbonyl (C=O) groups excluding carboxylic acids is 3. The largest absolute Gasteiger partial charge is 0.497 e. The van der Waals surface area contributed by atoms with Gasteiger partial charge in [0.1, 0.15) is 17.8 Å². The third-order valence-electron chi connectivity index (χ3n) is 5.10. The van der Waals surface area contributed by atoms with Gasteiger partial charge in [0, 0.05) is 18.3 Å². The monoisotopic (exact) mass is 374 g/mol. The SMILES string of the molecule is COc1ccc(NC(=O)NC2CCN3C(=O)C(C(C)C)NC(=O)C3C2)cc1. The molecular weight excluding hydrogens is 348 g/mol. The summed E-state index contributed by atoms with van der Waals surface area (Å²) in [7, 11) is 1.58. The minimum atomic E-state index is -0.521. The lowest BCUT2D eigenvalue weighted by Gasteiger charge is -2.44. The highest BCUT2D eigenvalue weighted by atomic mass is 16.5. The first kappa shape index (κ1) is 19.0. The Morgan fingerprint density at radius 2 is 1.96 bits per heavy atom. The molecule has 0 aliphatic carbocycles. The van der Waals surface area contributed by atoms with Crippen LogP contribution in [0.2, 0.25) is 0 Å². The molecule has 1 aromatic rings. The Balaban J connectivity index is 1.56. The van der Waals surface area contributed by atoms with Gasteiger partial charge in [-0.15, -0.1) is 0 Å². The Bertz CT molecular complexity index is 719. The van der Waals surface area contributed by atoms with Gasteiger partial charge in [-0.1, -0.05) is 13.8 Å². The number of ether oxygens (including phenoxy) is 1. The number of anilines is 1. The smallest absolute Gasteiger partial charge is 0.319 e.